The summed E-state index contributed by atoms with van der Waals surface area (Å²) in [5.74, 6) is -1.90. The molecule has 0 spiro atoms. The number of hydrogen-bond acceptors (Lipinski definition) is 3. The summed E-state index contributed by atoms with van der Waals surface area (Å²) in [6, 6.07) is 0. The van der Waals surface area contributed by atoms with Crippen molar-refractivity contribution in [3.05, 3.63) is 12.7 Å². The van der Waals surface area contributed by atoms with Crippen LogP contribution in [0.2, 0.25) is 0 Å². The van der Waals surface area contributed by atoms with E-state index in [1.165, 1.54) is 0 Å². The molecule has 0 bridgehead atoms. The zero-order valence-corrected chi connectivity index (χ0v) is 4.66. The summed E-state index contributed by atoms with van der Waals surface area (Å²) in [5, 5.41) is 7.95. The Morgan fingerprint density at radius 3 is 2.40 bits per heavy atom. The molecule has 0 atom stereocenters. The SMILES string of the molecule is C=CC(=O)OCC(=O)O.[NaH]. The number of carbonyl (C=O) groups excluding carboxylic acids is 1. The Kier molecular flexibility index (Phi) is 8.40. The monoisotopic (exact) mass is 154 g/mol. The Morgan fingerprint density at radius 2 is 2.10 bits per heavy atom. The number of carboxylic acid groups (broad SMARTS) is 1. The van der Waals surface area contributed by atoms with Crippen LogP contribution in [0.1, 0.15) is 0 Å². The van der Waals surface area contributed by atoms with Crippen LogP contribution < -0.4 is 0 Å². The van der Waals surface area contributed by atoms with Crippen LogP contribution >= 0.6 is 0 Å². The molecule has 0 rings (SSSR count). The molecule has 0 saturated carbocycles. The van der Waals surface area contributed by atoms with Crippen molar-refractivity contribution in [1.82, 2.24) is 0 Å². The Balaban J connectivity index is 0. The summed E-state index contributed by atoms with van der Waals surface area (Å²) in [4.78, 5) is 19.8. The van der Waals surface area contributed by atoms with E-state index in [2.05, 4.69) is 11.3 Å². The molecule has 0 aromatic carbocycles. The van der Waals surface area contributed by atoms with E-state index in [-0.39, 0.29) is 29.6 Å². The molecule has 0 unspecified atom stereocenters. The van der Waals surface area contributed by atoms with E-state index in [4.69, 9.17) is 5.11 Å². The average molecular weight is 154 g/mol. The molecule has 0 fully saturated rings. The maximum absolute atomic E-state index is 10.1. The molecular formula is C5H7NaO4. The van der Waals surface area contributed by atoms with Crippen LogP contribution in [-0.2, 0) is 14.3 Å². The molecule has 0 aromatic heterocycles. The molecular weight excluding hydrogens is 147 g/mol. The summed E-state index contributed by atoms with van der Waals surface area (Å²) >= 11 is 0. The van der Waals surface area contributed by atoms with Crippen LogP contribution in [0, 0.1) is 0 Å². The van der Waals surface area contributed by atoms with Crippen molar-refractivity contribution in [3.63, 3.8) is 0 Å². The van der Waals surface area contributed by atoms with Crippen LogP contribution in [0.3, 0.4) is 0 Å². The van der Waals surface area contributed by atoms with Crippen LogP contribution in [0.5, 0.6) is 0 Å². The summed E-state index contributed by atoms with van der Waals surface area (Å²) in [7, 11) is 0. The molecule has 4 nitrogen and oxygen atoms in total. The van der Waals surface area contributed by atoms with E-state index in [1.807, 2.05) is 0 Å². The standard InChI is InChI=1S/C5H6O4.Na.H/c1-2-5(8)9-3-4(6)7;;/h2H,1,3H2,(H,6,7);;. The Bertz CT molecular complexity index is 143. The fourth-order valence-electron chi connectivity index (χ4n) is 0.192. The third-order valence-electron chi connectivity index (χ3n) is 0.505. The molecule has 0 aliphatic heterocycles. The predicted molar refractivity (Wildman–Crippen MR) is 35.9 cm³/mol. The first kappa shape index (κ1) is 12.4. The van der Waals surface area contributed by atoms with E-state index >= 15 is 0 Å². The first-order chi connectivity index (χ1) is 4.16. The summed E-state index contributed by atoms with van der Waals surface area (Å²) < 4.78 is 4.10. The minimum absolute atomic E-state index is 0. The molecule has 10 heavy (non-hydrogen) atoms. The normalized spacial score (nSPS) is 7.20. The molecule has 0 aromatic rings. The summed E-state index contributed by atoms with van der Waals surface area (Å²) in [6.07, 6.45) is 0.906. The van der Waals surface area contributed by atoms with Gasteiger partial charge in [0.2, 0.25) is 0 Å². The molecule has 1 N–H and O–H groups in total. The third-order valence-corrected chi connectivity index (χ3v) is 0.505. The van der Waals surface area contributed by atoms with Crippen molar-refractivity contribution in [2.45, 2.75) is 0 Å². The van der Waals surface area contributed by atoms with Gasteiger partial charge in [0, 0.05) is 6.08 Å². The Hall–Kier alpha value is -0.320. The average Bonchev–Trinajstić information content (AvgIpc) is 1.83. The molecule has 0 radical (unpaired) electrons. The fourth-order valence-corrected chi connectivity index (χ4v) is 0.192. The molecule has 0 saturated heterocycles. The first-order valence-electron chi connectivity index (χ1n) is 2.18. The number of ether oxygens (including phenoxy) is 1. The minimum atomic E-state index is -1.18. The number of hydrogen-bond donors (Lipinski definition) is 1. The van der Waals surface area contributed by atoms with Gasteiger partial charge >= 0.3 is 41.5 Å². The number of rotatable bonds is 3. The molecule has 0 heterocycles. The van der Waals surface area contributed by atoms with Gasteiger partial charge in [0.1, 0.15) is 0 Å². The van der Waals surface area contributed by atoms with E-state index in [0.717, 1.165) is 6.08 Å². The van der Waals surface area contributed by atoms with Gasteiger partial charge in [0.05, 0.1) is 0 Å². The first-order valence-corrected chi connectivity index (χ1v) is 2.18. The van der Waals surface area contributed by atoms with Crippen LogP contribution in [0.4, 0.5) is 0 Å². The second kappa shape index (κ2) is 6.80. The van der Waals surface area contributed by atoms with Crippen molar-refractivity contribution < 1.29 is 19.4 Å². The topological polar surface area (TPSA) is 63.6 Å². The number of esters is 1. The predicted octanol–water partition coefficient (Wildman–Crippen LogP) is -0.848. The zero-order chi connectivity index (χ0) is 7.28. The second-order valence-corrected chi connectivity index (χ2v) is 1.21. The maximum atomic E-state index is 10.1. The zero-order valence-electron chi connectivity index (χ0n) is 4.66. The van der Waals surface area contributed by atoms with Gasteiger partial charge in [-0.1, -0.05) is 6.58 Å². The molecule has 5 heteroatoms. The van der Waals surface area contributed by atoms with Crippen molar-refractivity contribution in [1.29, 1.82) is 0 Å². The van der Waals surface area contributed by atoms with Crippen LogP contribution in [-0.4, -0.2) is 53.2 Å². The van der Waals surface area contributed by atoms with Gasteiger partial charge in [-0.05, 0) is 0 Å². The van der Waals surface area contributed by atoms with E-state index < -0.39 is 18.5 Å². The van der Waals surface area contributed by atoms with Crippen LogP contribution in [0.25, 0.3) is 0 Å². The van der Waals surface area contributed by atoms with Crippen molar-refractivity contribution >= 4 is 41.5 Å². The summed E-state index contributed by atoms with van der Waals surface area (Å²) in [5.41, 5.74) is 0. The molecule has 0 aliphatic carbocycles. The van der Waals surface area contributed by atoms with Gasteiger partial charge in [-0.25, -0.2) is 9.59 Å². The van der Waals surface area contributed by atoms with Gasteiger partial charge < -0.3 is 9.84 Å². The van der Waals surface area contributed by atoms with Crippen molar-refractivity contribution in [2.24, 2.45) is 0 Å². The third kappa shape index (κ3) is 7.68. The Morgan fingerprint density at radius 1 is 1.60 bits per heavy atom. The van der Waals surface area contributed by atoms with Gasteiger partial charge in [0.15, 0.2) is 6.61 Å². The van der Waals surface area contributed by atoms with Gasteiger partial charge in [0.25, 0.3) is 0 Å². The number of aliphatic carboxylic acids is 1. The van der Waals surface area contributed by atoms with Crippen molar-refractivity contribution in [2.75, 3.05) is 6.61 Å². The fraction of sp³-hybridized carbons (Fsp3) is 0.200. The van der Waals surface area contributed by atoms with E-state index in [0.29, 0.717) is 0 Å². The summed E-state index contributed by atoms with van der Waals surface area (Å²) in [6.45, 7) is 2.46. The van der Waals surface area contributed by atoms with Crippen molar-refractivity contribution in [3.8, 4) is 0 Å². The van der Waals surface area contributed by atoms with Gasteiger partial charge in [-0.3, -0.25) is 0 Å². The van der Waals surface area contributed by atoms with E-state index in [9.17, 15) is 9.59 Å². The van der Waals surface area contributed by atoms with E-state index in [1.54, 1.807) is 0 Å². The van der Waals surface area contributed by atoms with Gasteiger partial charge in [-0.15, -0.1) is 0 Å². The quantitative estimate of drug-likeness (QED) is 0.327. The Labute approximate surface area is 80.2 Å². The molecule has 52 valence electrons. The second-order valence-electron chi connectivity index (χ2n) is 1.21. The number of carbonyl (C=O) groups is 2. The number of carboxylic acids is 1. The molecule has 0 amide bonds. The molecule has 0 aliphatic rings. The van der Waals surface area contributed by atoms with Gasteiger partial charge in [-0.2, -0.15) is 0 Å². The van der Waals surface area contributed by atoms with Crippen LogP contribution in [0.15, 0.2) is 12.7 Å².